The van der Waals surface area contributed by atoms with Crippen molar-refractivity contribution < 1.29 is 23.9 Å². The standard InChI is InChI=1S/C19H25BN2O5/c1-4-7-26-18-8-13(5-6-17(18)25-3)19-21-15(12-24-2)9-16(22-19)14-10-20(23)27-11-14/h5-6,8-9,14,23H,4,7,10-12H2,1-3H3/t14-/m0/s1. The smallest absolute Gasteiger partial charge is 0.454 e. The summed E-state index contributed by atoms with van der Waals surface area (Å²) < 4.78 is 21.7. The van der Waals surface area contributed by atoms with Crippen LogP contribution in [0, 0.1) is 0 Å². The summed E-state index contributed by atoms with van der Waals surface area (Å²) in [4.78, 5) is 9.35. The molecule has 7 nitrogen and oxygen atoms in total. The molecule has 2 aromatic rings. The van der Waals surface area contributed by atoms with Gasteiger partial charge in [0.05, 0.1) is 26.0 Å². The van der Waals surface area contributed by atoms with Gasteiger partial charge in [-0.1, -0.05) is 6.92 Å². The molecule has 0 aliphatic carbocycles. The monoisotopic (exact) mass is 372 g/mol. The number of aromatic nitrogens is 2. The molecule has 1 aromatic heterocycles. The summed E-state index contributed by atoms with van der Waals surface area (Å²) in [6.07, 6.45) is 1.43. The number of hydrogen-bond acceptors (Lipinski definition) is 7. The van der Waals surface area contributed by atoms with Crippen molar-refractivity contribution in [3.8, 4) is 22.9 Å². The van der Waals surface area contributed by atoms with Gasteiger partial charge in [0, 0.05) is 30.9 Å². The molecular formula is C19H25BN2O5. The highest BCUT2D eigenvalue weighted by Gasteiger charge is 2.31. The molecule has 8 heteroatoms. The Labute approximate surface area is 159 Å². The Morgan fingerprint density at radius 1 is 1.22 bits per heavy atom. The SMILES string of the molecule is CCCOc1cc(-c2nc(COC)cc([C@@H]3COB(O)C3)n2)ccc1OC. The van der Waals surface area contributed by atoms with E-state index in [9.17, 15) is 5.02 Å². The predicted molar refractivity (Wildman–Crippen MR) is 102 cm³/mol. The molecule has 0 spiro atoms. The Balaban J connectivity index is 1.98. The van der Waals surface area contributed by atoms with Gasteiger partial charge in [-0.3, -0.25) is 0 Å². The van der Waals surface area contributed by atoms with Gasteiger partial charge in [0.2, 0.25) is 0 Å². The third kappa shape index (κ3) is 4.77. The third-order valence-corrected chi connectivity index (χ3v) is 4.37. The zero-order valence-electron chi connectivity index (χ0n) is 16.0. The molecular weight excluding hydrogens is 347 g/mol. The summed E-state index contributed by atoms with van der Waals surface area (Å²) in [5.74, 6) is 1.96. The van der Waals surface area contributed by atoms with Crippen LogP contribution in [0.3, 0.4) is 0 Å². The molecule has 1 atom stereocenters. The van der Waals surface area contributed by atoms with E-state index in [-0.39, 0.29) is 5.92 Å². The van der Waals surface area contributed by atoms with Crippen LogP contribution in [0.5, 0.6) is 11.5 Å². The molecule has 2 heterocycles. The molecule has 0 amide bonds. The molecule has 1 aromatic carbocycles. The van der Waals surface area contributed by atoms with Crippen LogP contribution in [-0.4, -0.2) is 49.5 Å². The van der Waals surface area contributed by atoms with E-state index in [1.165, 1.54) is 0 Å². The van der Waals surface area contributed by atoms with Crippen LogP contribution in [0.4, 0.5) is 0 Å². The molecule has 0 radical (unpaired) electrons. The van der Waals surface area contributed by atoms with Crippen LogP contribution in [0.2, 0.25) is 6.32 Å². The summed E-state index contributed by atoms with van der Waals surface area (Å²) in [5, 5.41) is 9.68. The molecule has 1 N–H and O–H groups in total. The fourth-order valence-electron chi connectivity index (χ4n) is 3.03. The summed E-state index contributed by atoms with van der Waals surface area (Å²) >= 11 is 0. The summed E-state index contributed by atoms with van der Waals surface area (Å²) in [6, 6.07) is 7.57. The maximum atomic E-state index is 9.68. The topological polar surface area (TPSA) is 82.9 Å². The van der Waals surface area contributed by atoms with E-state index in [1.54, 1.807) is 14.2 Å². The van der Waals surface area contributed by atoms with Gasteiger partial charge in [-0.2, -0.15) is 0 Å². The van der Waals surface area contributed by atoms with E-state index in [4.69, 9.17) is 23.8 Å². The fraction of sp³-hybridized carbons (Fsp3) is 0.474. The van der Waals surface area contributed by atoms with E-state index in [0.717, 1.165) is 23.4 Å². The first-order valence-corrected chi connectivity index (χ1v) is 9.12. The molecule has 0 bridgehead atoms. The van der Waals surface area contributed by atoms with Crippen LogP contribution < -0.4 is 9.47 Å². The van der Waals surface area contributed by atoms with Gasteiger partial charge in [-0.05, 0) is 37.0 Å². The molecule has 1 aliphatic rings. The molecule has 3 rings (SSSR count). The minimum absolute atomic E-state index is 0.0337. The van der Waals surface area contributed by atoms with E-state index < -0.39 is 7.12 Å². The van der Waals surface area contributed by atoms with Crippen molar-refractivity contribution in [2.45, 2.75) is 32.2 Å². The highest BCUT2D eigenvalue weighted by atomic mass is 16.5. The van der Waals surface area contributed by atoms with Crippen molar-refractivity contribution in [1.29, 1.82) is 0 Å². The van der Waals surface area contributed by atoms with E-state index in [0.29, 0.717) is 43.5 Å². The van der Waals surface area contributed by atoms with E-state index in [1.807, 2.05) is 24.3 Å². The molecule has 27 heavy (non-hydrogen) atoms. The zero-order valence-corrected chi connectivity index (χ0v) is 16.0. The van der Waals surface area contributed by atoms with Gasteiger partial charge < -0.3 is 23.9 Å². The molecule has 144 valence electrons. The van der Waals surface area contributed by atoms with Crippen LogP contribution in [0.1, 0.15) is 30.7 Å². The van der Waals surface area contributed by atoms with Crippen molar-refractivity contribution in [3.63, 3.8) is 0 Å². The molecule has 1 saturated heterocycles. The number of nitrogens with zero attached hydrogens (tertiary/aromatic N) is 2. The lowest BCUT2D eigenvalue weighted by Gasteiger charge is -2.14. The van der Waals surface area contributed by atoms with Crippen LogP contribution in [-0.2, 0) is 16.0 Å². The summed E-state index contributed by atoms with van der Waals surface area (Å²) in [6.45, 7) is 3.48. The van der Waals surface area contributed by atoms with Gasteiger partial charge in [-0.15, -0.1) is 0 Å². The van der Waals surface area contributed by atoms with Gasteiger partial charge in [0.1, 0.15) is 0 Å². The Bertz CT molecular complexity index is 774. The van der Waals surface area contributed by atoms with Gasteiger partial charge in [0.25, 0.3) is 0 Å². The van der Waals surface area contributed by atoms with Crippen molar-refractivity contribution in [2.24, 2.45) is 0 Å². The number of ether oxygens (including phenoxy) is 3. The normalized spacial score (nSPS) is 16.6. The molecule has 1 fully saturated rings. The molecule has 0 saturated carbocycles. The lowest BCUT2D eigenvalue weighted by molar-refractivity contribution is 0.181. The Hall–Kier alpha value is -2.16. The second-order valence-electron chi connectivity index (χ2n) is 6.48. The third-order valence-electron chi connectivity index (χ3n) is 4.37. The summed E-state index contributed by atoms with van der Waals surface area (Å²) in [7, 11) is 2.51. The van der Waals surface area contributed by atoms with E-state index in [2.05, 4.69) is 11.9 Å². The minimum Gasteiger partial charge on any atom is -0.493 e. The van der Waals surface area contributed by atoms with Crippen LogP contribution in [0.15, 0.2) is 24.3 Å². The second kappa shape index (κ2) is 9.17. The first-order valence-electron chi connectivity index (χ1n) is 9.12. The van der Waals surface area contributed by atoms with Gasteiger partial charge in [-0.25, -0.2) is 9.97 Å². The average molecular weight is 372 g/mol. The lowest BCUT2D eigenvalue weighted by Crippen LogP contribution is -2.09. The van der Waals surface area contributed by atoms with Crippen molar-refractivity contribution in [1.82, 2.24) is 9.97 Å². The molecule has 1 aliphatic heterocycles. The highest BCUT2D eigenvalue weighted by Crippen LogP contribution is 2.33. The largest absolute Gasteiger partial charge is 0.493 e. The first kappa shape index (κ1) is 19.6. The van der Waals surface area contributed by atoms with Gasteiger partial charge in [0.15, 0.2) is 17.3 Å². The van der Waals surface area contributed by atoms with E-state index >= 15 is 0 Å². The summed E-state index contributed by atoms with van der Waals surface area (Å²) in [5.41, 5.74) is 2.46. The van der Waals surface area contributed by atoms with Crippen LogP contribution >= 0.6 is 0 Å². The Morgan fingerprint density at radius 3 is 2.74 bits per heavy atom. The highest BCUT2D eigenvalue weighted by molar-refractivity contribution is 6.43. The first-order chi connectivity index (χ1) is 13.1. The maximum absolute atomic E-state index is 9.68. The second-order valence-corrected chi connectivity index (χ2v) is 6.48. The number of methoxy groups -OCH3 is 2. The van der Waals surface area contributed by atoms with Crippen molar-refractivity contribution in [2.75, 3.05) is 27.4 Å². The quantitative estimate of drug-likeness (QED) is 0.714. The maximum Gasteiger partial charge on any atom is 0.454 e. The number of benzene rings is 1. The van der Waals surface area contributed by atoms with Crippen LogP contribution in [0.25, 0.3) is 11.4 Å². The fourth-order valence-corrected chi connectivity index (χ4v) is 3.03. The Kier molecular flexibility index (Phi) is 6.66. The van der Waals surface area contributed by atoms with Crippen molar-refractivity contribution >= 4 is 7.12 Å². The minimum atomic E-state index is -0.741. The predicted octanol–water partition coefficient (Wildman–Crippen LogP) is 2.68. The lowest BCUT2D eigenvalue weighted by atomic mass is 9.81. The Morgan fingerprint density at radius 2 is 2.07 bits per heavy atom. The zero-order chi connectivity index (χ0) is 19.2. The van der Waals surface area contributed by atoms with Gasteiger partial charge >= 0.3 is 7.12 Å². The number of hydrogen-bond donors (Lipinski definition) is 1. The van der Waals surface area contributed by atoms with Crippen molar-refractivity contribution in [3.05, 3.63) is 35.7 Å². The average Bonchev–Trinajstić information content (AvgIpc) is 3.12. The molecule has 0 unspecified atom stereocenters. The number of rotatable bonds is 8.